The Bertz CT molecular complexity index is 366. The summed E-state index contributed by atoms with van der Waals surface area (Å²) in [4.78, 5) is 11.5. The van der Waals surface area contributed by atoms with Crippen LogP contribution in [0.25, 0.3) is 0 Å². The van der Waals surface area contributed by atoms with E-state index in [0.29, 0.717) is 6.42 Å². The molecular formula is C13H20N2O2. The number of amides is 1. The fraction of sp³-hybridized carbons (Fsp3) is 0.462. The Hall–Kier alpha value is -1.55. The van der Waals surface area contributed by atoms with Gasteiger partial charge in [-0.15, -0.1) is 0 Å². The maximum absolute atomic E-state index is 11.5. The molecule has 0 radical (unpaired) electrons. The topological polar surface area (TPSA) is 64.3 Å². The van der Waals surface area contributed by atoms with Crippen LogP contribution in [0.4, 0.5) is 0 Å². The van der Waals surface area contributed by atoms with Crippen LogP contribution < -0.4 is 16.0 Å². The predicted molar refractivity (Wildman–Crippen MR) is 67.5 cm³/mol. The number of para-hydroxylation sites is 1. The van der Waals surface area contributed by atoms with Crippen molar-refractivity contribution in [3.8, 4) is 5.75 Å². The van der Waals surface area contributed by atoms with E-state index in [1.54, 1.807) is 0 Å². The van der Waals surface area contributed by atoms with Crippen LogP contribution >= 0.6 is 0 Å². The summed E-state index contributed by atoms with van der Waals surface area (Å²) in [5.74, 6) is 5.63. The molecule has 0 saturated heterocycles. The van der Waals surface area contributed by atoms with Gasteiger partial charge in [0.15, 0.2) is 6.10 Å². The van der Waals surface area contributed by atoms with Crippen LogP contribution in [0.5, 0.6) is 5.75 Å². The van der Waals surface area contributed by atoms with E-state index in [2.05, 4.69) is 12.3 Å². The molecule has 0 aliphatic heterocycles. The van der Waals surface area contributed by atoms with Crippen LogP contribution in [0.1, 0.15) is 32.3 Å². The predicted octanol–water partition coefficient (Wildman–Crippen LogP) is 1.79. The second-order valence-corrected chi connectivity index (χ2v) is 3.87. The van der Waals surface area contributed by atoms with E-state index >= 15 is 0 Å². The van der Waals surface area contributed by atoms with Gasteiger partial charge in [0.05, 0.1) is 0 Å². The van der Waals surface area contributed by atoms with Crippen molar-refractivity contribution in [2.75, 3.05) is 0 Å². The van der Waals surface area contributed by atoms with Gasteiger partial charge in [0.25, 0.3) is 5.91 Å². The standard InChI is InChI=1S/C13H20N2O2/c1-3-7-12(13(16)15-14)17-11-9-6-5-8-10(11)4-2/h5-6,8-9,12H,3-4,7,14H2,1-2H3,(H,15,16). The molecule has 0 aliphatic carbocycles. The number of nitrogens with one attached hydrogen (secondary N) is 1. The first kappa shape index (κ1) is 13.5. The largest absolute Gasteiger partial charge is 0.480 e. The molecular weight excluding hydrogens is 216 g/mol. The number of ether oxygens (including phenoxy) is 1. The molecule has 17 heavy (non-hydrogen) atoms. The molecule has 0 aliphatic rings. The Morgan fingerprint density at radius 1 is 1.41 bits per heavy atom. The van der Waals surface area contributed by atoms with Crippen LogP contribution in [-0.4, -0.2) is 12.0 Å². The first-order valence-corrected chi connectivity index (χ1v) is 5.97. The maximum atomic E-state index is 11.5. The molecule has 94 valence electrons. The molecule has 1 aromatic carbocycles. The molecule has 1 unspecified atom stereocenters. The number of hydrogen-bond acceptors (Lipinski definition) is 3. The zero-order valence-electron chi connectivity index (χ0n) is 10.4. The minimum absolute atomic E-state index is 0.280. The van der Waals surface area contributed by atoms with Crippen molar-refractivity contribution in [1.29, 1.82) is 0 Å². The van der Waals surface area contributed by atoms with E-state index in [1.165, 1.54) is 0 Å². The van der Waals surface area contributed by atoms with Gasteiger partial charge in [0.1, 0.15) is 5.75 Å². The molecule has 1 rings (SSSR count). The Labute approximate surface area is 102 Å². The zero-order valence-corrected chi connectivity index (χ0v) is 10.4. The summed E-state index contributed by atoms with van der Waals surface area (Å²) >= 11 is 0. The minimum atomic E-state index is -0.516. The summed E-state index contributed by atoms with van der Waals surface area (Å²) in [7, 11) is 0. The lowest BCUT2D eigenvalue weighted by Gasteiger charge is -2.18. The summed E-state index contributed by atoms with van der Waals surface area (Å²) in [5, 5.41) is 0. The van der Waals surface area contributed by atoms with E-state index in [4.69, 9.17) is 10.6 Å². The van der Waals surface area contributed by atoms with Crippen molar-refractivity contribution in [2.45, 2.75) is 39.2 Å². The Morgan fingerprint density at radius 2 is 2.12 bits per heavy atom. The molecule has 1 amide bonds. The summed E-state index contributed by atoms with van der Waals surface area (Å²) in [6.45, 7) is 4.06. The molecule has 0 fully saturated rings. The van der Waals surface area contributed by atoms with Gasteiger partial charge in [-0.2, -0.15) is 0 Å². The number of hydrazine groups is 1. The van der Waals surface area contributed by atoms with Gasteiger partial charge in [-0.05, 0) is 24.5 Å². The summed E-state index contributed by atoms with van der Waals surface area (Å²) in [5.41, 5.74) is 3.24. The molecule has 0 spiro atoms. The molecule has 0 heterocycles. The van der Waals surface area contributed by atoms with Gasteiger partial charge in [0, 0.05) is 0 Å². The number of hydrogen-bond donors (Lipinski definition) is 2. The van der Waals surface area contributed by atoms with Gasteiger partial charge < -0.3 is 4.74 Å². The highest BCUT2D eigenvalue weighted by Crippen LogP contribution is 2.20. The van der Waals surface area contributed by atoms with Crippen molar-refractivity contribution in [2.24, 2.45) is 5.84 Å². The van der Waals surface area contributed by atoms with E-state index in [0.717, 1.165) is 24.2 Å². The highest BCUT2D eigenvalue weighted by Gasteiger charge is 2.19. The monoisotopic (exact) mass is 236 g/mol. The van der Waals surface area contributed by atoms with Crippen LogP contribution in [0.2, 0.25) is 0 Å². The highest BCUT2D eigenvalue weighted by atomic mass is 16.5. The van der Waals surface area contributed by atoms with Crippen molar-refractivity contribution in [1.82, 2.24) is 5.43 Å². The summed E-state index contributed by atoms with van der Waals surface area (Å²) < 4.78 is 5.74. The van der Waals surface area contributed by atoms with Gasteiger partial charge in [-0.1, -0.05) is 38.5 Å². The quantitative estimate of drug-likeness (QED) is 0.449. The Kier molecular flexibility index (Phi) is 5.49. The van der Waals surface area contributed by atoms with E-state index in [1.807, 2.05) is 31.2 Å². The first-order chi connectivity index (χ1) is 8.22. The molecule has 0 bridgehead atoms. The number of carbonyl (C=O) groups is 1. The SMILES string of the molecule is CCCC(Oc1ccccc1CC)C(=O)NN. The smallest absolute Gasteiger partial charge is 0.274 e. The Balaban J connectivity index is 2.81. The number of nitrogens with two attached hydrogens (primary N) is 1. The fourth-order valence-electron chi connectivity index (χ4n) is 1.66. The normalized spacial score (nSPS) is 11.9. The number of carbonyl (C=O) groups excluding carboxylic acids is 1. The third-order valence-corrected chi connectivity index (χ3v) is 2.61. The number of rotatable bonds is 6. The molecule has 4 nitrogen and oxygen atoms in total. The van der Waals surface area contributed by atoms with E-state index in [9.17, 15) is 4.79 Å². The third-order valence-electron chi connectivity index (χ3n) is 2.61. The van der Waals surface area contributed by atoms with Gasteiger partial charge in [0.2, 0.25) is 0 Å². The second-order valence-electron chi connectivity index (χ2n) is 3.87. The van der Waals surface area contributed by atoms with Gasteiger partial charge in [-0.25, -0.2) is 5.84 Å². The van der Waals surface area contributed by atoms with Crippen LogP contribution in [-0.2, 0) is 11.2 Å². The van der Waals surface area contributed by atoms with Crippen LogP contribution in [0, 0.1) is 0 Å². The summed E-state index contributed by atoms with van der Waals surface area (Å²) in [6, 6.07) is 7.74. The molecule has 3 N–H and O–H groups in total. The fourth-order valence-corrected chi connectivity index (χ4v) is 1.66. The lowest BCUT2D eigenvalue weighted by Crippen LogP contribution is -2.42. The lowest BCUT2D eigenvalue weighted by atomic mass is 10.1. The molecule has 1 aromatic rings. The van der Waals surface area contributed by atoms with Gasteiger partial charge in [-0.3, -0.25) is 10.2 Å². The molecule has 4 heteroatoms. The molecule has 1 atom stereocenters. The first-order valence-electron chi connectivity index (χ1n) is 5.97. The average molecular weight is 236 g/mol. The van der Waals surface area contributed by atoms with Crippen LogP contribution in [0.3, 0.4) is 0 Å². The van der Waals surface area contributed by atoms with Crippen LogP contribution in [0.15, 0.2) is 24.3 Å². The minimum Gasteiger partial charge on any atom is -0.480 e. The molecule has 0 aromatic heterocycles. The van der Waals surface area contributed by atoms with Crippen molar-refractivity contribution >= 4 is 5.91 Å². The van der Waals surface area contributed by atoms with E-state index < -0.39 is 6.10 Å². The summed E-state index contributed by atoms with van der Waals surface area (Å²) in [6.07, 6.45) is 1.88. The highest BCUT2D eigenvalue weighted by molar-refractivity contribution is 5.80. The molecule has 0 saturated carbocycles. The van der Waals surface area contributed by atoms with Gasteiger partial charge >= 0.3 is 0 Å². The number of aryl methyl sites for hydroxylation is 1. The van der Waals surface area contributed by atoms with E-state index in [-0.39, 0.29) is 5.91 Å². The second kappa shape index (κ2) is 6.91. The van der Waals surface area contributed by atoms with Crippen molar-refractivity contribution < 1.29 is 9.53 Å². The maximum Gasteiger partial charge on any atom is 0.274 e. The van der Waals surface area contributed by atoms with Crippen molar-refractivity contribution in [3.63, 3.8) is 0 Å². The number of benzene rings is 1. The Morgan fingerprint density at radius 3 is 2.71 bits per heavy atom. The zero-order chi connectivity index (χ0) is 12.7. The lowest BCUT2D eigenvalue weighted by molar-refractivity contribution is -0.128. The average Bonchev–Trinajstić information content (AvgIpc) is 2.38. The van der Waals surface area contributed by atoms with Crippen molar-refractivity contribution in [3.05, 3.63) is 29.8 Å². The third kappa shape index (κ3) is 3.75.